The zero-order chi connectivity index (χ0) is 15.5. The second-order valence-electron chi connectivity index (χ2n) is 4.49. The quantitative estimate of drug-likeness (QED) is 0.814. The fraction of sp³-hybridized carbons (Fsp3) is 0.200. The minimum atomic E-state index is -4.68. The summed E-state index contributed by atoms with van der Waals surface area (Å²) in [5, 5.41) is 3.84. The van der Waals surface area contributed by atoms with Gasteiger partial charge in [-0.15, -0.1) is 13.2 Å². The van der Waals surface area contributed by atoms with Gasteiger partial charge in [0.25, 0.3) is 0 Å². The summed E-state index contributed by atoms with van der Waals surface area (Å²) in [5.74, 6) is -0.243. The predicted octanol–water partition coefficient (Wildman–Crippen LogP) is 5.41. The smallest absolute Gasteiger partial charge is 0.406 e. The molecular weight excluding hydrogens is 303 g/mol. The van der Waals surface area contributed by atoms with E-state index in [9.17, 15) is 13.2 Å². The van der Waals surface area contributed by atoms with Crippen LogP contribution in [-0.4, -0.2) is 6.36 Å². The van der Waals surface area contributed by atoms with Gasteiger partial charge in [0, 0.05) is 16.8 Å². The van der Waals surface area contributed by atoms with Crippen LogP contribution in [0.2, 0.25) is 5.02 Å². The molecule has 0 spiro atoms. The summed E-state index contributed by atoms with van der Waals surface area (Å²) in [5.41, 5.74) is 1.72. The van der Waals surface area contributed by atoms with E-state index in [2.05, 4.69) is 10.1 Å². The van der Waals surface area contributed by atoms with Crippen molar-refractivity contribution in [3.8, 4) is 5.75 Å². The highest BCUT2D eigenvalue weighted by Crippen LogP contribution is 2.26. The number of benzene rings is 2. The first-order chi connectivity index (χ1) is 9.83. The average Bonchev–Trinajstić information content (AvgIpc) is 2.40. The average molecular weight is 316 g/mol. The number of nitrogens with one attached hydrogen (secondary N) is 1. The first kappa shape index (κ1) is 15.5. The van der Waals surface area contributed by atoms with Gasteiger partial charge in [0.05, 0.1) is 0 Å². The van der Waals surface area contributed by atoms with E-state index in [1.54, 1.807) is 12.1 Å². The monoisotopic (exact) mass is 315 g/mol. The van der Waals surface area contributed by atoms with E-state index in [-0.39, 0.29) is 11.8 Å². The third kappa shape index (κ3) is 4.86. The van der Waals surface area contributed by atoms with Crippen molar-refractivity contribution in [3.05, 3.63) is 59.1 Å². The molecule has 1 unspecified atom stereocenters. The molecule has 0 saturated carbocycles. The van der Waals surface area contributed by atoms with Crippen molar-refractivity contribution in [1.29, 1.82) is 0 Å². The maximum Gasteiger partial charge on any atom is 0.573 e. The van der Waals surface area contributed by atoms with Gasteiger partial charge in [0.2, 0.25) is 0 Å². The van der Waals surface area contributed by atoms with Crippen molar-refractivity contribution in [2.45, 2.75) is 19.3 Å². The van der Waals surface area contributed by atoms with Crippen molar-refractivity contribution in [2.75, 3.05) is 5.32 Å². The lowest BCUT2D eigenvalue weighted by atomic mass is 10.1. The van der Waals surface area contributed by atoms with E-state index in [0.29, 0.717) is 10.7 Å². The Hall–Kier alpha value is -1.88. The highest BCUT2D eigenvalue weighted by atomic mass is 35.5. The van der Waals surface area contributed by atoms with Crippen LogP contribution < -0.4 is 10.1 Å². The third-order valence-corrected chi connectivity index (χ3v) is 3.09. The molecule has 0 aliphatic carbocycles. The van der Waals surface area contributed by atoms with Gasteiger partial charge in [-0.25, -0.2) is 0 Å². The van der Waals surface area contributed by atoms with Crippen molar-refractivity contribution in [1.82, 2.24) is 0 Å². The topological polar surface area (TPSA) is 21.3 Å². The molecule has 0 fully saturated rings. The molecule has 1 atom stereocenters. The van der Waals surface area contributed by atoms with E-state index >= 15 is 0 Å². The number of hydrogen-bond acceptors (Lipinski definition) is 2. The molecule has 2 aromatic carbocycles. The molecule has 21 heavy (non-hydrogen) atoms. The second-order valence-corrected chi connectivity index (χ2v) is 4.93. The van der Waals surface area contributed by atoms with E-state index < -0.39 is 6.36 Å². The number of alkyl halides is 3. The highest BCUT2D eigenvalue weighted by molar-refractivity contribution is 6.30. The van der Waals surface area contributed by atoms with E-state index in [1.165, 1.54) is 24.3 Å². The van der Waals surface area contributed by atoms with Crippen LogP contribution in [0.25, 0.3) is 0 Å². The predicted molar refractivity (Wildman–Crippen MR) is 76.6 cm³/mol. The summed E-state index contributed by atoms with van der Waals surface area (Å²) in [6.45, 7) is 1.95. The van der Waals surface area contributed by atoms with Gasteiger partial charge in [-0.3, -0.25) is 0 Å². The van der Waals surface area contributed by atoms with Crippen LogP contribution in [0.3, 0.4) is 0 Å². The molecule has 2 nitrogen and oxygen atoms in total. The number of anilines is 1. The molecule has 0 aliphatic heterocycles. The minimum absolute atomic E-state index is 0.00310. The molecule has 0 amide bonds. The van der Waals surface area contributed by atoms with Crippen LogP contribution >= 0.6 is 11.6 Å². The molecule has 112 valence electrons. The van der Waals surface area contributed by atoms with Crippen LogP contribution in [-0.2, 0) is 0 Å². The summed E-state index contributed by atoms with van der Waals surface area (Å²) in [7, 11) is 0. The lowest BCUT2D eigenvalue weighted by Crippen LogP contribution is -2.17. The fourth-order valence-electron chi connectivity index (χ4n) is 1.84. The molecule has 0 bridgehead atoms. The number of rotatable bonds is 4. The van der Waals surface area contributed by atoms with Crippen molar-refractivity contribution >= 4 is 17.3 Å². The normalized spacial score (nSPS) is 12.8. The Morgan fingerprint density at radius 2 is 1.57 bits per heavy atom. The standard InChI is InChI=1S/C15H13ClF3NO/c1-10(11-2-4-12(16)5-3-11)20-13-6-8-14(9-7-13)21-15(17,18)19/h2-10,20H,1H3. The van der Waals surface area contributed by atoms with Crippen molar-refractivity contribution in [2.24, 2.45) is 0 Å². The Labute approximate surface area is 125 Å². The number of hydrogen-bond donors (Lipinski definition) is 1. The van der Waals surface area contributed by atoms with Gasteiger partial charge in [-0.1, -0.05) is 23.7 Å². The summed E-state index contributed by atoms with van der Waals surface area (Å²) in [6.07, 6.45) is -4.68. The summed E-state index contributed by atoms with van der Waals surface area (Å²) in [6, 6.07) is 13.0. The minimum Gasteiger partial charge on any atom is -0.406 e. The first-order valence-corrected chi connectivity index (χ1v) is 6.59. The van der Waals surface area contributed by atoms with Crippen molar-refractivity contribution in [3.63, 3.8) is 0 Å². The summed E-state index contributed by atoms with van der Waals surface area (Å²) < 4.78 is 40.0. The molecule has 0 heterocycles. The largest absolute Gasteiger partial charge is 0.573 e. The Bertz CT molecular complexity index is 581. The zero-order valence-corrected chi connectivity index (χ0v) is 11.9. The molecule has 0 aliphatic rings. The SMILES string of the molecule is CC(Nc1ccc(OC(F)(F)F)cc1)c1ccc(Cl)cc1. The molecule has 0 aromatic heterocycles. The molecule has 2 aromatic rings. The highest BCUT2D eigenvalue weighted by Gasteiger charge is 2.30. The van der Waals surface area contributed by atoms with Crippen LogP contribution in [0, 0.1) is 0 Å². The van der Waals surface area contributed by atoms with E-state index in [0.717, 1.165) is 5.56 Å². The van der Waals surface area contributed by atoms with Crippen LogP contribution in [0.4, 0.5) is 18.9 Å². The van der Waals surface area contributed by atoms with Gasteiger partial charge in [0.15, 0.2) is 0 Å². The van der Waals surface area contributed by atoms with Crippen LogP contribution in [0.5, 0.6) is 5.75 Å². The lowest BCUT2D eigenvalue weighted by molar-refractivity contribution is -0.274. The summed E-state index contributed by atoms with van der Waals surface area (Å²) in [4.78, 5) is 0. The Morgan fingerprint density at radius 3 is 2.10 bits per heavy atom. The molecular formula is C15H13ClF3NO. The third-order valence-electron chi connectivity index (χ3n) is 2.84. The van der Waals surface area contributed by atoms with Crippen LogP contribution in [0.1, 0.15) is 18.5 Å². The number of ether oxygens (including phenoxy) is 1. The molecule has 2 rings (SSSR count). The van der Waals surface area contributed by atoms with Gasteiger partial charge < -0.3 is 10.1 Å². The Kier molecular flexibility index (Phi) is 4.63. The van der Waals surface area contributed by atoms with Crippen molar-refractivity contribution < 1.29 is 17.9 Å². The summed E-state index contributed by atoms with van der Waals surface area (Å²) >= 11 is 5.82. The Morgan fingerprint density at radius 1 is 1.00 bits per heavy atom. The van der Waals surface area contributed by atoms with E-state index in [4.69, 9.17) is 11.6 Å². The molecule has 0 radical (unpaired) electrons. The van der Waals surface area contributed by atoms with Gasteiger partial charge in [-0.05, 0) is 48.9 Å². The lowest BCUT2D eigenvalue weighted by Gasteiger charge is -2.16. The maximum atomic E-state index is 12.1. The van der Waals surface area contributed by atoms with Gasteiger partial charge >= 0.3 is 6.36 Å². The molecule has 1 N–H and O–H groups in total. The molecule has 0 saturated heterocycles. The second kappa shape index (κ2) is 6.26. The molecule has 6 heteroatoms. The van der Waals surface area contributed by atoms with Crippen LogP contribution in [0.15, 0.2) is 48.5 Å². The van der Waals surface area contributed by atoms with E-state index in [1.807, 2.05) is 19.1 Å². The van der Waals surface area contributed by atoms with Gasteiger partial charge in [-0.2, -0.15) is 0 Å². The fourth-order valence-corrected chi connectivity index (χ4v) is 1.96. The number of halogens is 4. The maximum absolute atomic E-state index is 12.1. The first-order valence-electron chi connectivity index (χ1n) is 6.21. The Balaban J connectivity index is 2.01. The zero-order valence-electron chi connectivity index (χ0n) is 11.1. The van der Waals surface area contributed by atoms with Gasteiger partial charge in [0.1, 0.15) is 5.75 Å².